The average Bonchev–Trinajstić information content (AvgIpc) is 2.20. The van der Waals surface area contributed by atoms with E-state index in [0.717, 1.165) is 6.42 Å². The van der Waals surface area contributed by atoms with E-state index in [-0.39, 0.29) is 12.5 Å². The topological polar surface area (TPSA) is 66.4 Å². The van der Waals surface area contributed by atoms with Crippen LogP contribution in [-0.4, -0.2) is 34.5 Å². The number of thioether (sulfide) groups is 1. The molecule has 0 saturated heterocycles. The molecule has 94 valence electrons. The molecule has 1 atom stereocenters. The van der Waals surface area contributed by atoms with Gasteiger partial charge in [-0.3, -0.25) is 9.59 Å². The third-order valence-corrected chi connectivity index (χ3v) is 3.18. The SMILES string of the molecule is CCCC(CNC(=O)CSC(C)C)C(=O)O. The van der Waals surface area contributed by atoms with Crippen molar-refractivity contribution in [2.75, 3.05) is 12.3 Å². The molecule has 16 heavy (non-hydrogen) atoms. The predicted molar refractivity (Wildman–Crippen MR) is 66.6 cm³/mol. The standard InChI is InChI=1S/C11H21NO3S/c1-4-5-9(11(14)15)6-12-10(13)7-16-8(2)3/h8-9H,4-7H2,1-3H3,(H,12,13)(H,14,15). The highest BCUT2D eigenvalue weighted by atomic mass is 32.2. The van der Waals surface area contributed by atoms with E-state index in [9.17, 15) is 9.59 Å². The molecule has 0 aromatic heterocycles. The lowest BCUT2D eigenvalue weighted by Crippen LogP contribution is -2.34. The molecule has 0 aliphatic carbocycles. The van der Waals surface area contributed by atoms with Crippen LogP contribution >= 0.6 is 11.8 Å². The maximum atomic E-state index is 11.4. The Kier molecular flexibility index (Phi) is 8.07. The van der Waals surface area contributed by atoms with E-state index in [4.69, 9.17) is 5.11 Å². The van der Waals surface area contributed by atoms with E-state index < -0.39 is 11.9 Å². The molecule has 0 spiro atoms. The normalized spacial score (nSPS) is 12.5. The van der Waals surface area contributed by atoms with Crippen molar-refractivity contribution in [1.29, 1.82) is 0 Å². The maximum Gasteiger partial charge on any atom is 0.308 e. The Bertz CT molecular complexity index is 231. The first-order valence-electron chi connectivity index (χ1n) is 5.58. The molecule has 0 aliphatic heterocycles. The van der Waals surface area contributed by atoms with Gasteiger partial charge in [-0.1, -0.05) is 27.2 Å². The Labute approximate surface area is 101 Å². The second-order valence-corrected chi connectivity index (χ2v) is 5.55. The van der Waals surface area contributed by atoms with Gasteiger partial charge in [-0.25, -0.2) is 0 Å². The van der Waals surface area contributed by atoms with Gasteiger partial charge in [0.2, 0.25) is 5.91 Å². The molecular formula is C11H21NO3S. The molecule has 0 heterocycles. The van der Waals surface area contributed by atoms with Crippen LogP contribution in [0.25, 0.3) is 0 Å². The van der Waals surface area contributed by atoms with E-state index in [1.807, 2.05) is 20.8 Å². The fraction of sp³-hybridized carbons (Fsp3) is 0.818. The highest BCUT2D eigenvalue weighted by molar-refractivity contribution is 8.00. The number of nitrogens with one attached hydrogen (secondary N) is 1. The Morgan fingerprint density at radius 1 is 1.38 bits per heavy atom. The minimum Gasteiger partial charge on any atom is -0.481 e. The Morgan fingerprint density at radius 2 is 2.00 bits per heavy atom. The van der Waals surface area contributed by atoms with Crippen LogP contribution in [0, 0.1) is 5.92 Å². The smallest absolute Gasteiger partial charge is 0.308 e. The predicted octanol–water partition coefficient (Wildman–Crippen LogP) is 1.75. The van der Waals surface area contributed by atoms with E-state index in [2.05, 4.69) is 5.32 Å². The number of carbonyl (C=O) groups excluding carboxylic acids is 1. The highest BCUT2D eigenvalue weighted by Gasteiger charge is 2.17. The molecule has 0 saturated carbocycles. The quantitative estimate of drug-likeness (QED) is 0.685. The Hall–Kier alpha value is -0.710. The first-order valence-corrected chi connectivity index (χ1v) is 6.63. The van der Waals surface area contributed by atoms with Gasteiger partial charge in [-0.15, -0.1) is 11.8 Å². The Balaban J connectivity index is 3.82. The lowest BCUT2D eigenvalue weighted by molar-refractivity contribution is -0.141. The van der Waals surface area contributed by atoms with Gasteiger partial charge >= 0.3 is 5.97 Å². The minimum atomic E-state index is -0.835. The average molecular weight is 247 g/mol. The molecule has 1 unspecified atom stereocenters. The molecule has 0 aromatic carbocycles. The van der Waals surface area contributed by atoms with E-state index in [0.29, 0.717) is 17.4 Å². The highest BCUT2D eigenvalue weighted by Crippen LogP contribution is 2.08. The number of carboxylic acids is 1. The summed E-state index contributed by atoms with van der Waals surface area (Å²) in [6.45, 7) is 6.22. The van der Waals surface area contributed by atoms with Crippen LogP contribution in [0.4, 0.5) is 0 Å². The van der Waals surface area contributed by atoms with Gasteiger partial charge in [0.1, 0.15) is 0 Å². The zero-order valence-electron chi connectivity index (χ0n) is 10.2. The van der Waals surface area contributed by atoms with Crippen LogP contribution < -0.4 is 5.32 Å². The van der Waals surface area contributed by atoms with Crippen molar-refractivity contribution in [1.82, 2.24) is 5.32 Å². The lowest BCUT2D eigenvalue weighted by Gasteiger charge is -2.12. The van der Waals surface area contributed by atoms with Crippen LogP contribution in [0.2, 0.25) is 0 Å². The number of carboxylic acid groups (broad SMARTS) is 1. The summed E-state index contributed by atoms with van der Waals surface area (Å²) in [5, 5.41) is 12.0. The van der Waals surface area contributed by atoms with Crippen molar-refractivity contribution in [3.63, 3.8) is 0 Å². The number of hydrogen-bond acceptors (Lipinski definition) is 3. The van der Waals surface area contributed by atoms with Gasteiger partial charge in [0, 0.05) is 6.54 Å². The summed E-state index contributed by atoms with van der Waals surface area (Å²) in [5.41, 5.74) is 0. The fourth-order valence-electron chi connectivity index (χ4n) is 1.19. The van der Waals surface area contributed by atoms with Gasteiger partial charge in [-0.2, -0.15) is 0 Å². The van der Waals surface area contributed by atoms with Crippen molar-refractivity contribution in [2.24, 2.45) is 5.92 Å². The zero-order valence-corrected chi connectivity index (χ0v) is 11.0. The van der Waals surface area contributed by atoms with Crippen LogP contribution in [0.15, 0.2) is 0 Å². The molecule has 5 heteroatoms. The summed E-state index contributed by atoms with van der Waals surface area (Å²) < 4.78 is 0. The monoisotopic (exact) mass is 247 g/mol. The van der Waals surface area contributed by atoms with Gasteiger partial charge in [0.15, 0.2) is 0 Å². The van der Waals surface area contributed by atoms with Gasteiger partial charge < -0.3 is 10.4 Å². The molecule has 0 rings (SSSR count). The third-order valence-electron chi connectivity index (χ3n) is 2.08. The van der Waals surface area contributed by atoms with E-state index in [1.165, 1.54) is 0 Å². The van der Waals surface area contributed by atoms with Gasteiger partial charge in [0.05, 0.1) is 11.7 Å². The molecule has 0 aromatic rings. The van der Waals surface area contributed by atoms with Crippen LogP contribution in [0.5, 0.6) is 0 Å². The summed E-state index contributed by atoms with van der Waals surface area (Å²) in [4.78, 5) is 22.2. The first-order chi connectivity index (χ1) is 7.47. The summed E-state index contributed by atoms with van der Waals surface area (Å²) in [6.07, 6.45) is 1.42. The summed E-state index contributed by atoms with van der Waals surface area (Å²) in [5.74, 6) is -0.978. The summed E-state index contributed by atoms with van der Waals surface area (Å²) in [6, 6.07) is 0. The van der Waals surface area contributed by atoms with Gasteiger partial charge in [-0.05, 0) is 11.7 Å². The Morgan fingerprint density at radius 3 is 2.44 bits per heavy atom. The van der Waals surface area contributed by atoms with Crippen molar-refractivity contribution < 1.29 is 14.7 Å². The van der Waals surface area contributed by atoms with Crippen molar-refractivity contribution in [3.8, 4) is 0 Å². The largest absolute Gasteiger partial charge is 0.481 e. The first kappa shape index (κ1) is 15.3. The van der Waals surface area contributed by atoms with Crippen LogP contribution in [-0.2, 0) is 9.59 Å². The number of hydrogen-bond donors (Lipinski definition) is 2. The van der Waals surface area contributed by atoms with Crippen molar-refractivity contribution in [3.05, 3.63) is 0 Å². The van der Waals surface area contributed by atoms with E-state index in [1.54, 1.807) is 11.8 Å². The fourth-order valence-corrected chi connectivity index (χ4v) is 1.78. The summed E-state index contributed by atoms with van der Waals surface area (Å²) in [7, 11) is 0. The van der Waals surface area contributed by atoms with Crippen molar-refractivity contribution in [2.45, 2.75) is 38.9 Å². The second-order valence-electron chi connectivity index (χ2n) is 3.99. The minimum absolute atomic E-state index is 0.0824. The maximum absolute atomic E-state index is 11.4. The van der Waals surface area contributed by atoms with Crippen LogP contribution in [0.3, 0.4) is 0 Å². The molecule has 0 radical (unpaired) electrons. The summed E-state index contributed by atoms with van der Waals surface area (Å²) >= 11 is 1.55. The number of aliphatic carboxylic acids is 1. The van der Waals surface area contributed by atoms with Crippen molar-refractivity contribution >= 4 is 23.6 Å². The van der Waals surface area contributed by atoms with E-state index >= 15 is 0 Å². The number of carbonyl (C=O) groups is 2. The molecule has 0 bridgehead atoms. The second kappa shape index (κ2) is 8.44. The van der Waals surface area contributed by atoms with Crippen LogP contribution in [0.1, 0.15) is 33.6 Å². The molecule has 2 N–H and O–H groups in total. The molecular weight excluding hydrogens is 226 g/mol. The number of amides is 1. The molecule has 0 aliphatic rings. The zero-order chi connectivity index (χ0) is 12.6. The third kappa shape index (κ3) is 7.56. The number of rotatable bonds is 8. The molecule has 0 fully saturated rings. The van der Waals surface area contributed by atoms with Gasteiger partial charge in [0.25, 0.3) is 0 Å². The molecule has 4 nitrogen and oxygen atoms in total. The lowest BCUT2D eigenvalue weighted by atomic mass is 10.0. The molecule has 1 amide bonds.